The fourth-order valence-corrected chi connectivity index (χ4v) is 0.186. The molecule has 26 valence electrons. The van der Waals surface area contributed by atoms with Gasteiger partial charge in [-0.05, 0) is 0 Å². The first kappa shape index (κ1) is 6.21. The molecule has 0 unspecified atom stereocenters. The van der Waals surface area contributed by atoms with Gasteiger partial charge in [-0.2, -0.15) is 6.20 Å². The topological polar surface area (TPSA) is 28.7 Å². The number of aromatic nitrogens is 2. The molecular formula is C3H3N2Na. The van der Waals surface area contributed by atoms with Crippen LogP contribution in [0.25, 0.3) is 0 Å². The van der Waals surface area contributed by atoms with E-state index in [1.807, 2.05) is 0 Å². The third-order valence-corrected chi connectivity index (χ3v) is 0.362. The zero-order valence-corrected chi connectivity index (χ0v) is 5.60. The number of hydrogen-bond donors (Lipinski definition) is 1. The molecular weight excluding hydrogens is 87.0 g/mol. The van der Waals surface area contributed by atoms with Gasteiger partial charge >= 0.3 is 29.6 Å². The number of rotatable bonds is 0. The monoisotopic (exact) mass is 90.0 g/mol. The molecule has 0 bridgehead atoms. The van der Waals surface area contributed by atoms with Crippen molar-refractivity contribution in [3.05, 3.63) is 18.5 Å². The molecule has 1 rings (SSSR count). The van der Waals surface area contributed by atoms with E-state index >= 15 is 0 Å². The van der Waals surface area contributed by atoms with Gasteiger partial charge in [0.15, 0.2) is 0 Å². The van der Waals surface area contributed by atoms with E-state index in [0.29, 0.717) is 0 Å². The summed E-state index contributed by atoms with van der Waals surface area (Å²) in [6, 6.07) is 2.69. The maximum atomic E-state index is 3.54. The van der Waals surface area contributed by atoms with Gasteiger partial charge in [0.1, 0.15) is 0 Å². The second-order valence-corrected chi connectivity index (χ2v) is 0.698. The maximum Gasteiger partial charge on any atom is 1.00 e. The number of nitrogens with one attached hydrogen (secondary N) is 1. The summed E-state index contributed by atoms with van der Waals surface area (Å²) in [7, 11) is 0. The van der Waals surface area contributed by atoms with Crippen LogP contribution in [0.3, 0.4) is 0 Å². The van der Waals surface area contributed by atoms with Crippen molar-refractivity contribution in [1.82, 2.24) is 10.2 Å². The van der Waals surface area contributed by atoms with Crippen LogP contribution < -0.4 is 29.6 Å². The standard InChI is InChI=1S/C3H3N2.Na/c1-2-4-5-3-1;/h2-3H,(H,4,5);/q-1;+1. The Kier molecular flexibility index (Phi) is 3.52. The van der Waals surface area contributed by atoms with Gasteiger partial charge in [0.05, 0.1) is 0 Å². The summed E-state index contributed by atoms with van der Waals surface area (Å²) in [4.78, 5) is 0. The van der Waals surface area contributed by atoms with E-state index in [4.69, 9.17) is 0 Å². The van der Waals surface area contributed by atoms with Gasteiger partial charge in [0.25, 0.3) is 0 Å². The van der Waals surface area contributed by atoms with Crippen LogP contribution >= 0.6 is 0 Å². The van der Waals surface area contributed by atoms with E-state index in [1.165, 1.54) is 0 Å². The summed E-state index contributed by atoms with van der Waals surface area (Å²) < 4.78 is 0. The first-order valence-electron chi connectivity index (χ1n) is 1.35. The van der Waals surface area contributed by atoms with E-state index in [0.717, 1.165) is 0 Å². The molecule has 0 fully saturated rings. The molecule has 1 heterocycles. The minimum atomic E-state index is 0. The molecule has 0 saturated heterocycles. The number of hydrogen-bond acceptors (Lipinski definition) is 1. The Morgan fingerprint density at radius 3 is 2.67 bits per heavy atom. The molecule has 1 aromatic rings. The van der Waals surface area contributed by atoms with Gasteiger partial charge in [0, 0.05) is 0 Å². The molecule has 0 spiro atoms. The molecule has 1 aromatic heterocycles. The Labute approximate surface area is 58.2 Å². The van der Waals surface area contributed by atoms with Crippen molar-refractivity contribution in [2.24, 2.45) is 0 Å². The van der Waals surface area contributed by atoms with E-state index < -0.39 is 0 Å². The van der Waals surface area contributed by atoms with Crippen molar-refractivity contribution in [2.45, 2.75) is 0 Å². The van der Waals surface area contributed by atoms with Crippen molar-refractivity contribution in [3.8, 4) is 0 Å². The Morgan fingerprint density at radius 2 is 2.50 bits per heavy atom. The minimum Gasteiger partial charge on any atom is -0.433 e. The van der Waals surface area contributed by atoms with Gasteiger partial charge in [-0.3, -0.25) is 0 Å². The summed E-state index contributed by atoms with van der Waals surface area (Å²) >= 11 is 0. The average molecular weight is 90.1 g/mol. The van der Waals surface area contributed by atoms with Crippen LogP contribution in [-0.2, 0) is 0 Å². The normalized spacial score (nSPS) is 6.67. The number of nitrogens with zero attached hydrogens (tertiary/aromatic N) is 1. The van der Waals surface area contributed by atoms with Gasteiger partial charge in [-0.25, -0.2) is 5.10 Å². The fraction of sp³-hybridized carbons (Fsp3) is 0. The summed E-state index contributed by atoms with van der Waals surface area (Å²) in [5.74, 6) is 0. The second kappa shape index (κ2) is 3.40. The average Bonchev–Trinajstić information content (AvgIpc) is 1.76. The zero-order chi connectivity index (χ0) is 3.54. The summed E-state index contributed by atoms with van der Waals surface area (Å²) in [6.45, 7) is 0. The Balaban J connectivity index is 0.000000250. The van der Waals surface area contributed by atoms with Gasteiger partial charge in [0.2, 0.25) is 0 Å². The van der Waals surface area contributed by atoms with Crippen LogP contribution in [0.15, 0.2) is 12.4 Å². The molecule has 0 atom stereocenters. The Hall–Kier alpha value is 0.210. The van der Waals surface area contributed by atoms with E-state index in [1.54, 1.807) is 12.4 Å². The van der Waals surface area contributed by atoms with Crippen LogP contribution in [0.4, 0.5) is 0 Å². The fourth-order valence-electron chi connectivity index (χ4n) is 0.186. The Bertz CT molecular complexity index is 65.3. The van der Waals surface area contributed by atoms with Crippen LogP contribution in [0, 0.1) is 6.07 Å². The predicted molar refractivity (Wildman–Crippen MR) is 17.4 cm³/mol. The van der Waals surface area contributed by atoms with Crippen LogP contribution in [-0.4, -0.2) is 10.2 Å². The predicted octanol–water partition coefficient (Wildman–Crippen LogP) is -2.79. The zero-order valence-electron chi connectivity index (χ0n) is 3.60. The molecule has 6 heavy (non-hydrogen) atoms. The molecule has 0 aliphatic rings. The van der Waals surface area contributed by atoms with Crippen molar-refractivity contribution >= 4 is 0 Å². The SMILES string of the molecule is [Na+].[c-]1cn[nH]c1. The molecule has 0 radical (unpaired) electrons. The second-order valence-electron chi connectivity index (χ2n) is 0.698. The molecule has 2 nitrogen and oxygen atoms in total. The molecule has 1 N–H and O–H groups in total. The summed E-state index contributed by atoms with van der Waals surface area (Å²) in [6.07, 6.45) is 3.21. The van der Waals surface area contributed by atoms with E-state index in [9.17, 15) is 0 Å². The first-order valence-corrected chi connectivity index (χ1v) is 1.35. The smallest absolute Gasteiger partial charge is 0.433 e. The Morgan fingerprint density at radius 1 is 1.67 bits per heavy atom. The largest absolute Gasteiger partial charge is 1.00 e. The number of aromatic amines is 1. The minimum absolute atomic E-state index is 0. The van der Waals surface area contributed by atoms with Crippen molar-refractivity contribution in [2.75, 3.05) is 0 Å². The summed E-state index contributed by atoms with van der Waals surface area (Å²) in [5, 5.41) is 6.10. The maximum absolute atomic E-state index is 3.54. The van der Waals surface area contributed by atoms with Crippen LogP contribution in [0.1, 0.15) is 0 Å². The summed E-state index contributed by atoms with van der Waals surface area (Å²) in [5.41, 5.74) is 0. The molecule has 3 heteroatoms. The van der Waals surface area contributed by atoms with Crippen LogP contribution in [0.2, 0.25) is 0 Å². The van der Waals surface area contributed by atoms with Gasteiger partial charge in [-0.1, -0.05) is 0 Å². The quantitative estimate of drug-likeness (QED) is 0.271. The van der Waals surface area contributed by atoms with Crippen molar-refractivity contribution in [1.29, 1.82) is 0 Å². The first-order chi connectivity index (χ1) is 2.50. The van der Waals surface area contributed by atoms with Crippen molar-refractivity contribution in [3.63, 3.8) is 0 Å². The third-order valence-electron chi connectivity index (χ3n) is 0.362. The van der Waals surface area contributed by atoms with Crippen molar-refractivity contribution < 1.29 is 29.6 Å². The molecule has 0 aliphatic heterocycles. The van der Waals surface area contributed by atoms with Crippen LogP contribution in [0.5, 0.6) is 0 Å². The van der Waals surface area contributed by atoms with E-state index in [-0.39, 0.29) is 29.6 Å². The van der Waals surface area contributed by atoms with E-state index in [2.05, 4.69) is 16.3 Å². The molecule has 0 aromatic carbocycles. The number of H-pyrrole nitrogens is 1. The molecule has 0 aliphatic carbocycles. The molecule has 0 amide bonds. The van der Waals surface area contributed by atoms with Gasteiger partial charge < -0.3 is 11.2 Å². The molecule has 0 saturated carbocycles. The van der Waals surface area contributed by atoms with Gasteiger partial charge in [-0.15, -0.1) is 6.20 Å². The third kappa shape index (κ3) is 1.60.